The van der Waals surface area contributed by atoms with Gasteiger partial charge in [0.1, 0.15) is 12.4 Å². The summed E-state index contributed by atoms with van der Waals surface area (Å²) in [5, 5.41) is 10.1. The standard InChI is InChI=1S/C28H33N5O3S/c1-18-7-8-24(36-10-9-32(3)4)14-25(18)27(34)30-19(2)20-11-21(23-15-29-33(5)16-23)13-22(12-20)26-17-37-28(31-26)35-6/h7-8,11-17,19H,9-10H2,1-6H3,(H,30,34)/t19-/m1/s1. The summed E-state index contributed by atoms with van der Waals surface area (Å²) in [5.41, 5.74) is 6.22. The van der Waals surface area contributed by atoms with E-state index in [0.717, 1.165) is 40.1 Å². The van der Waals surface area contributed by atoms with Gasteiger partial charge in [-0.15, -0.1) is 0 Å². The Labute approximate surface area is 221 Å². The van der Waals surface area contributed by atoms with Gasteiger partial charge in [0.25, 0.3) is 11.1 Å². The van der Waals surface area contributed by atoms with Crippen molar-refractivity contribution in [2.75, 3.05) is 34.4 Å². The molecule has 0 aliphatic carbocycles. The normalized spacial score (nSPS) is 12.0. The van der Waals surface area contributed by atoms with Crippen molar-refractivity contribution < 1.29 is 14.3 Å². The summed E-state index contributed by atoms with van der Waals surface area (Å²) < 4.78 is 12.9. The minimum absolute atomic E-state index is 0.147. The predicted molar refractivity (Wildman–Crippen MR) is 147 cm³/mol. The number of rotatable bonds is 10. The quantitative estimate of drug-likeness (QED) is 0.319. The zero-order valence-corrected chi connectivity index (χ0v) is 22.9. The lowest BCUT2D eigenvalue weighted by molar-refractivity contribution is 0.0938. The summed E-state index contributed by atoms with van der Waals surface area (Å²) in [7, 11) is 7.50. The van der Waals surface area contributed by atoms with Gasteiger partial charge in [-0.1, -0.05) is 17.4 Å². The smallest absolute Gasteiger partial charge is 0.273 e. The average Bonchev–Trinajstić information content (AvgIpc) is 3.53. The molecule has 2 aromatic carbocycles. The predicted octanol–water partition coefficient (Wildman–Crippen LogP) is 4.96. The Kier molecular flexibility index (Phi) is 8.25. The third-order valence-electron chi connectivity index (χ3n) is 6.06. The zero-order valence-electron chi connectivity index (χ0n) is 22.1. The third kappa shape index (κ3) is 6.55. The second-order valence-electron chi connectivity index (χ2n) is 9.27. The summed E-state index contributed by atoms with van der Waals surface area (Å²) in [6, 6.07) is 11.6. The first-order valence-electron chi connectivity index (χ1n) is 12.1. The molecule has 4 aromatic rings. The minimum Gasteiger partial charge on any atom is -0.492 e. The summed E-state index contributed by atoms with van der Waals surface area (Å²) >= 11 is 1.45. The van der Waals surface area contributed by atoms with Gasteiger partial charge in [0.05, 0.1) is 25.0 Å². The lowest BCUT2D eigenvalue weighted by Gasteiger charge is -2.18. The first-order valence-corrected chi connectivity index (χ1v) is 12.9. The van der Waals surface area contributed by atoms with Gasteiger partial charge >= 0.3 is 0 Å². The van der Waals surface area contributed by atoms with E-state index in [1.807, 2.05) is 71.0 Å². The minimum atomic E-state index is -0.249. The van der Waals surface area contributed by atoms with Crippen molar-refractivity contribution in [2.45, 2.75) is 19.9 Å². The van der Waals surface area contributed by atoms with E-state index in [1.165, 1.54) is 11.3 Å². The van der Waals surface area contributed by atoms with Crippen LogP contribution in [0.1, 0.15) is 34.5 Å². The number of likely N-dealkylation sites (N-methyl/N-ethyl adjacent to an activating group) is 1. The van der Waals surface area contributed by atoms with Crippen LogP contribution in [0.15, 0.2) is 54.2 Å². The molecule has 0 unspecified atom stereocenters. The van der Waals surface area contributed by atoms with Gasteiger partial charge in [-0.2, -0.15) is 5.10 Å². The summed E-state index contributed by atoms with van der Waals surface area (Å²) in [6.07, 6.45) is 3.80. The first kappa shape index (κ1) is 26.4. The Morgan fingerprint density at radius 2 is 1.95 bits per heavy atom. The van der Waals surface area contributed by atoms with Crippen LogP contribution in [-0.4, -0.2) is 59.9 Å². The molecule has 0 aliphatic heterocycles. The maximum atomic E-state index is 13.3. The monoisotopic (exact) mass is 519 g/mol. The van der Waals surface area contributed by atoms with E-state index in [-0.39, 0.29) is 11.9 Å². The molecule has 0 bridgehead atoms. The Hall–Kier alpha value is -3.69. The molecule has 2 heterocycles. The van der Waals surface area contributed by atoms with E-state index in [9.17, 15) is 4.79 Å². The van der Waals surface area contributed by atoms with Crippen LogP contribution in [0.25, 0.3) is 22.4 Å². The molecule has 0 saturated heterocycles. The molecular formula is C28H33N5O3S. The second-order valence-corrected chi connectivity index (χ2v) is 10.1. The van der Waals surface area contributed by atoms with Crippen molar-refractivity contribution in [1.82, 2.24) is 25.0 Å². The van der Waals surface area contributed by atoms with Crippen LogP contribution in [0.4, 0.5) is 0 Å². The van der Waals surface area contributed by atoms with Crippen molar-refractivity contribution in [3.8, 4) is 33.3 Å². The van der Waals surface area contributed by atoms with Gasteiger partial charge in [-0.3, -0.25) is 9.48 Å². The van der Waals surface area contributed by atoms with Crippen LogP contribution < -0.4 is 14.8 Å². The van der Waals surface area contributed by atoms with Crippen LogP contribution in [0.2, 0.25) is 0 Å². The average molecular weight is 520 g/mol. The third-order valence-corrected chi connectivity index (χ3v) is 6.86. The Bertz CT molecular complexity index is 1380. The maximum absolute atomic E-state index is 13.3. The highest BCUT2D eigenvalue weighted by Gasteiger charge is 2.17. The van der Waals surface area contributed by atoms with Crippen LogP contribution >= 0.6 is 11.3 Å². The molecule has 0 aliphatic rings. The second kappa shape index (κ2) is 11.6. The number of carbonyl (C=O) groups is 1. The van der Waals surface area contributed by atoms with Crippen LogP contribution in [0.3, 0.4) is 0 Å². The first-order chi connectivity index (χ1) is 17.7. The molecule has 8 nitrogen and oxygen atoms in total. The summed E-state index contributed by atoms with van der Waals surface area (Å²) in [5.74, 6) is 0.537. The molecule has 1 atom stereocenters. The zero-order chi connectivity index (χ0) is 26.5. The number of aromatic nitrogens is 3. The van der Waals surface area contributed by atoms with Crippen molar-refractivity contribution in [3.05, 3.63) is 70.9 Å². The number of carbonyl (C=O) groups excluding carboxylic acids is 1. The summed E-state index contributed by atoms with van der Waals surface area (Å²) in [6.45, 7) is 5.27. The number of thiazole rings is 1. The Balaban J connectivity index is 1.60. The van der Waals surface area contributed by atoms with Crippen molar-refractivity contribution in [1.29, 1.82) is 0 Å². The Morgan fingerprint density at radius 3 is 2.62 bits per heavy atom. The molecule has 0 fully saturated rings. The number of hydrogen-bond acceptors (Lipinski definition) is 7. The van der Waals surface area contributed by atoms with Crippen molar-refractivity contribution >= 4 is 17.2 Å². The van der Waals surface area contributed by atoms with Crippen LogP contribution in [0, 0.1) is 6.92 Å². The molecule has 2 aromatic heterocycles. The SMILES string of the molecule is COc1nc(-c2cc(-c3cnn(C)c3)cc([C@@H](C)NC(=O)c3cc(OCCN(C)C)ccc3C)c2)cs1. The summed E-state index contributed by atoms with van der Waals surface area (Å²) in [4.78, 5) is 20.0. The van der Waals surface area contributed by atoms with E-state index in [0.29, 0.717) is 23.1 Å². The van der Waals surface area contributed by atoms with Gasteiger partial charge < -0.3 is 19.7 Å². The number of hydrogen-bond donors (Lipinski definition) is 1. The highest BCUT2D eigenvalue weighted by molar-refractivity contribution is 7.11. The van der Waals surface area contributed by atoms with E-state index >= 15 is 0 Å². The number of nitrogens with one attached hydrogen (secondary N) is 1. The number of amides is 1. The molecule has 1 N–H and O–H groups in total. The van der Waals surface area contributed by atoms with E-state index in [2.05, 4.69) is 38.5 Å². The molecule has 0 spiro atoms. The van der Waals surface area contributed by atoms with Crippen LogP contribution in [0.5, 0.6) is 10.9 Å². The van der Waals surface area contributed by atoms with Gasteiger partial charge in [0.15, 0.2) is 0 Å². The fourth-order valence-corrected chi connectivity index (χ4v) is 4.56. The topological polar surface area (TPSA) is 81.5 Å². The lowest BCUT2D eigenvalue weighted by Crippen LogP contribution is -2.27. The number of benzene rings is 2. The fourth-order valence-electron chi connectivity index (χ4n) is 3.91. The van der Waals surface area contributed by atoms with Crippen molar-refractivity contribution in [3.63, 3.8) is 0 Å². The molecule has 1 amide bonds. The van der Waals surface area contributed by atoms with Gasteiger partial charge in [0.2, 0.25) is 0 Å². The molecular weight excluding hydrogens is 486 g/mol. The lowest BCUT2D eigenvalue weighted by atomic mass is 9.97. The van der Waals surface area contributed by atoms with Crippen molar-refractivity contribution in [2.24, 2.45) is 7.05 Å². The van der Waals surface area contributed by atoms with Gasteiger partial charge in [0, 0.05) is 41.9 Å². The number of methoxy groups -OCH3 is 1. The fraction of sp³-hybridized carbons (Fsp3) is 0.321. The maximum Gasteiger partial charge on any atom is 0.273 e. The largest absolute Gasteiger partial charge is 0.492 e. The molecule has 0 radical (unpaired) electrons. The van der Waals surface area contributed by atoms with Gasteiger partial charge in [-0.05, 0) is 75.0 Å². The van der Waals surface area contributed by atoms with Gasteiger partial charge in [-0.25, -0.2) is 4.98 Å². The Morgan fingerprint density at radius 1 is 1.16 bits per heavy atom. The van der Waals surface area contributed by atoms with Crippen LogP contribution in [-0.2, 0) is 7.05 Å². The van der Waals surface area contributed by atoms with E-state index < -0.39 is 0 Å². The molecule has 9 heteroatoms. The highest BCUT2D eigenvalue weighted by atomic mass is 32.1. The number of ether oxygens (including phenoxy) is 2. The van der Waals surface area contributed by atoms with E-state index in [1.54, 1.807) is 11.8 Å². The number of nitrogens with zero attached hydrogens (tertiary/aromatic N) is 4. The molecule has 194 valence electrons. The number of aryl methyl sites for hydroxylation is 2. The molecule has 0 saturated carbocycles. The molecule has 37 heavy (non-hydrogen) atoms. The molecule has 4 rings (SSSR count). The highest BCUT2D eigenvalue weighted by Crippen LogP contribution is 2.33. The van der Waals surface area contributed by atoms with E-state index in [4.69, 9.17) is 9.47 Å².